The van der Waals surface area contributed by atoms with Crippen LogP contribution in [0.4, 0.5) is 0 Å². The monoisotopic (exact) mass is 426 g/mol. The first kappa shape index (κ1) is 21.8. The van der Waals surface area contributed by atoms with Gasteiger partial charge in [-0.1, -0.05) is 71.2 Å². The lowest BCUT2D eigenvalue weighted by Gasteiger charge is -2.30. The molecule has 1 saturated heterocycles. The summed E-state index contributed by atoms with van der Waals surface area (Å²) in [5, 5.41) is 5.11. The zero-order chi connectivity index (χ0) is 21.3. The quantitative estimate of drug-likeness (QED) is 0.517. The highest BCUT2D eigenvalue weighted by atomic mass is 32.1. The zero-order valence-electron chi connectivity index (χ0n) is 19.2. The average Bonchev–Trinajstić information content (AvgIpc) is 3.05. The topological polar surface area (TPSA) is 26.0 Å². The van der Waals surface area contributed by atoms with Crippen molar-refractivity contribution in [3.05, 3.63) is 34.6 Å². The molecular formula is C25H38N4S. The van der Waals surface area contributed by atoms with Crippen molar-refractivity contribution in [2.45, 2.75) is 90.8 Å². The summed E-state index contributed by atoms with van der Waals surface area (Å²) in [5.41, 5.74) is 2.70. The largest absolute Gasteiger partial charge is 0.297 e. The van der Waals surface area contributed by atoms with Crippen molar-refractivity contribution < 1.29 is 0 Å². The lowest BCUT2D eigenvalue weighted by Crippen LogP contribution is -2.32. The molecule has 0 radical (unpaired) electrons. The molecule has 1 aliphatic heterocycles. The summed E-state index contributed by atoms with van der Waals surface area (Å²) in [4.78, 5) is 2.51. The predicted octanol–water partition coefficient (Wildman–Crippen LogP) is 6.57. The fourth-order valence-corrected chi connectivity index (χ4v) is 5.42. The van der Waals surface area contributed by atoms with Crippen molar-refractivity contribution in [1.82, 2.24) is 19.2 Å². The van der Waals surface area contributed by atoms with Gasteiger partial charge in [-0.2, -0.15) is 5.10 Å². The summed E-state index contributed by atoms with van der Waals surface area (Å²) in [6.07, 6.45) is 9.04. The van der Waals surface area contributed by atoms with E-state index in [2.05, 4.69) is 66.1 Å². The van der Waals surface area contributed by atoms with Crippen LogP contribution in [0.3, 0.4) is 0 Å². The maximum Gasteiger partial charge on any atom is 0.199 e. The van der Waals surface area contributed by atoms with Gasteiger partial charge in [-0.05, 0) is 67.9 Å². The average molecular weight is 427 g/mol. The first-order valence-corrected chi connectivity index (χ1v) is 12.3. The molecule has 2 fully saturated rings. The molecule has 1 aromatic heterocycles. The first-order chi connectivity index (χ1) is 14.3. The van der Waals surface area contributed by atoms with Crippen LogP contribution in [0.5, 0.6) is 0 Å². The molecule has 2 heterocycles. The fourth-order valence-electron chi connectivity index (χ4n) is 5.10. The van der Waals surface area contributed by atoms with E-state index in [1.165, 1.54) is 56.1 Å². The van der Waals surface area contributed by atoms with E-state index in [-0.39, 0.29) is 5.41 Å². The molecule has 0 spiro atoms. The standard InChI is InChI=1S/C25H38N4S/c1-19-10-6-7-11-22(19)29-23(20-12-14-21(15-13-20)25(2,3)4)26-28(24(29)30)18-27-16-8-5-9-17-27/h12-15,19,22H,5-11,16-18H2,1-4H3/t19-,22+/m1/s1. The van der Waals surface area contributed by atoms with Crippen molar-refractivity contribution >= 4 is 12.2 Å². The number of aromatic nitrogens is 3. The number of piperidine rings is 1. The molecule has 2 aliphatic rings. The van der Waals surface area contributed by atoms with Crippen LogP contribution in [0, 0.1) is 10.7 Å². The van der Waals surface area contributed by atoms with Crippen LogP contribution in [0.25, 0.3) is 11.4 Å². The van der Waals surface area contributed by atoms with E-state index in [0.717, 1.165) is 30.4 Å². The summed E-state index contributed by atoms with van der Waals surface area (Å²) >= 11 is 6.04. The van der Waals surface area contributed by atoms with Gasteiger partial charge in [-0.3, -0.25) is 9.47 Å². The van der Waals surface area contributed by atoms with Crippen molar-refractivity contribution in [2.75, 3.05) is 13.1 Å². The third kappa shape index (κ3) is 4.57. The predicted molar refractivity (Wildman–Crippen MR) is 127 cm³/mol. The van der Waals surface area contributed by atoms with E-state index in [1.54, 1.807) is 0 Å². The fraction of sp³-hybridized carbons (Fsp3) is 0.680. The smallest absolute Gasteiger partial charge is 0.199 e. The molecule has 0 amide bonds. The summed E-state index contributed by atoms with van der Waals surface area (Å²) in [6.45, 7) is 12.3. The number of hydrogen-bond donors (Lipinski definition) is 0. The van der Waals surface area contributed by atoms with E-state index < -0.39 is 0 Å². The van der Waals surface area contributed by atoms with Crippen LogP contribution in [0.1, 0.15) is 84.2 Å². The highest BCUT2D eigenvalue weighted by Crippen LogP contribution is 2.37. The number of benzene rings is 1. The molecule has 0 unspecified atom stereocenters. The van der Waals surface area contributed by atoms with E-state index >= 15 is 0 Å². The Labute approximate surface area is 187 Å². The van der Waals surface area contributed by atoms with Crippen molar-refractivity contribution in [2.24, 2.45) is 5.92 Å². The Morgan fingerprint density at radius 1 is 0.967 bits per heavy atom. The second-order valence-corrected chi connectivity index (χ2v) is 10.8. The van der Waals surface area contributed by atoms with Crippen LogP contribution in [-0.4, -0.2) is 32.3 Å². The Hall–Kier alpha value is -1.46. The second kappa shape index (κ2) is 8.96. The van der Waals surface area contributed by atoms with Gasteiger partial charge in [-0.25, -0.2) is 4.68 Å². The van der Waals surface area contributed by atoms with Gasteiger partial charge >= 0.3 is 0 Å². The van der Waals surface area contributed by atoms with Gasteiger partial charge < -0.3 is 0 Å². The second-order valence-electron chi connectivity index (χ2n) is 10.5. The van der Waals surface area contributed by atoms with Crippen molar-refractivity contribution in [3.8, 4) is 11.4 Å². The third-order valence-corrected chi connectivity index (χ3v) is 7.47. The Balaban J connectivity index is 1.73. The summed E-state index contributed by atoms with van der Waals surface area (Å²) < 4.78 is 5.39. The van der Waals surface area contributed by atoms with Gasteiger partial charge in [0.15, 0.2) is 10.6 Å². The first-order valence-electron chi connectivity index (χ1n) is 11.9. The number of hydrogen-bond acceptors (Lipinski definition) is 3. The number of likely N-dealkylation sites (tertiary alicyclic amines) is 1. The van der Waals surface area contributed by atoms with Gasteiger partial charge in [0.25, 0.3) is 0 Å². The van der Waals surface area contributed by atoms with Crippen LogP contribution in [0.15, 0.2) is 24.3 Å². The van der Waals surface area contributed by atoms with Gasteiger partial charge in [-0.15, -0.1) is 0 Å². The molecular weight excluding hydrogens is 388 g/mol. The van der Waals surface area contributed by atoms with Crippen LogP contribution in [0.2, 0.25) is 0 Å². The molecule has 0 bridgehead atoms. The zero-order valence-corrected chi connectivity index (χ0v) is 20.0. The molecule has 1 saturated carbocycles. The maximum atomic E-state index is 6.04. The maximum absolute atomic E-state index is 6.04. The van der Waals surface area contributed by atoms with Gasteiger partial charge in [0.1, 0.15) is 0 Å². The van der Waals surface area contributed by atoms with Crippen molar-refractivity contribution in [1.29, 1.82) is 0 Å². The molecule has 30 heavy (non-hydrogen) atoms. The Bertz CT molecular complexity index is 897. The lowest BCUT2D eigenvalue weighted by molar-refractivity contribution is 0.171. The molecule has 1 aliphatic carbocycles. The van der Waals surface area contributed by atoms with Crippen LogP contribution in [-0.2, 0) is 12.1 Å². The molecule has 1 aromatic carbocycles. The van der Waals surface area contributed by atoms with Crippen molar-refractivity contribution in [3.63, 3.8) is 0 Å². The Morgan fingerprint density at radius 2 is 1.63 bits per heavy atom. The molecule has 0 N–H and O–H groups in total. The van der Waals surface area contributed by atoms with E-state index in [0.29, 0.717) is 12.0 Å². The van der Waals surface area contributed by atoms with E-state index in [1.807, 2.05) is 0 Å². The Kier molecular flexibility index (Phi) is 6.50. The highest BCUT2D eigenvalue weighted by molar-refractivity contribution is 7.71. The number of rotatable bonds is 4. The SMILES string of the molecule is C[C@@H]1CCCC[C@@H]1n1c(-c2ccc(C(C)(C)C)cc2)nn(CN2CCCCC2)c1=S. The summed E-state index contributed by atoms with van der Waals surface area (Å²) in [5.74, 6) is 1.70. The molecule has 164 valence electrons. The molecule has 5 heteroatoms. The van der Waals surface area contributed by atoms with Gasteiger partial charge in [0, 0.05) is 11.6 Å². The third-order valence-electron chi connectivity index (χ3n) is 7.06. The number of nitrogens with zero attached hydrogens (tertiary/aromatic N) is 4. The van der Waals surface area contributed by atoms with Crippen LogP contribution < -0.4 is 0 Å². The van der Waals surface area contributed by atoms with Crippen LogP contribution >= 0.6 is 12.2 Å². The lowest BCUT2D eigenvalue weighted by atomic mass is 9.85. The van der Waals surface area contributed by atoms with Gasteiger partial charge in [0.2, 0.25) is 0 Å². The minimum atomic E-state index is 0.156. The van der Waals surface area contributed by atoms with Gasteiger partial charge in [0.05, 0.1) is 6.67 Å². The Morgan fingerprint density at radius 3 is 2.27 bits per heavy atom. The molecule has 4 rings (SSSR count). The normalized spacial score (nSPS) is 23.6. The highest BCUT2D eigenvalue weighted by Gasteiger charge is 2.28. The van der Waals surface area contributed by atoms with E-state index in [4.69, 9.17) is 17.3 Å². The van der Waals surface area contributed by atoms with E-state index in [9.17, 15) is 0 Å². The minimum absolute atomic E-state index is 0.156. The minimum Gasteiger partial charge on any atom is -0.297 e. The summed E-state index contributed by atoms with van der Waals surface area (Å²) in [7, 11) is 0. The molecule has 2 atom stereocenters. The molecule has 4 nitrogen and oxygen atoms in total. The molecule has 2 aromatic rings. The summed E-state index contributed by atoms with van der Waals surface area (Å²) in [6, 6.07) is 9.46.